The molecule has 4 nitrogen and oxygen atoms in total. The van der Waals surface area contributed by atoms with E-state index in [0.717, 1.165) is 19.2 Å². The summed E-state index contributed by atoms with van der Waals surface area (Å²) in [6.45, 7) is 0. The van der Waals surface area contributed by atoms with Crippen molar-refractivity contribution >= 4 is 29.1 Å². The van der Waals surface area contributed by atoms with Crippen LogP contribution in [-0.2, 0) is 10.9 Å². The number of alkyl halides is 3. The number of rotatable bonds is 1. The molecule has 0 saturated heterocycles. The summed E-state index contributed by atoms with van der Waals surface area (Å²) in [5, 5.41) is 4.63. The van der Waals surface area contributed by atoms with Crippen LogP contribution >= 0.6 is 12.2 Å². The summed E-state index contributed by atoms with van der Waals surface area (Å²) in [4.78, 5) is 10.8. The van der Waals surface area contributed by atoms with E-state index >= 15 is 0 Å². The van der Waals surface area contributed by atoms with Crippen LogP contribution in [0.3, 0.4) is 0 Å². The molecule has 1 amide bonds. The molecule has 0 unspecified atom stereocenters. The van der Waals surface area contributed by atoms with Crippen LogP contribution in [0.25, 0.3) is 0 Å². The minimum absolute atomic E-state index is 0.0680. The Bertz CT molecular complexity index is 445. The standard InChI is InChI=1S/C10H9F3N2O2S/c1-17-9(16)15-8(18)14-7-4-2-6(3-5-7)10(11,12)13/h2-5H,1H3,(H2,14,15,16,18). The van der Waals surface area contributed by atoms with Crippen LogP contribution in [-0.4, -0.2) is 18.3 Å². The number of amides is 1. The monoisotopic (exact) mass is 278 g/mol. The van der Waals surface area contributed by atoms with E-state index in [1.54, 1.807) is 0 Å². The number of ether oxygens (including phenoxy) is 1. The lowest BCUT2D eigenvalue weighted by Gasteiger charge is -2.10. The first-order chi connectivity index (χ1) is 8.32. The highest BCUT2D eigenvalue weighted by molar-refractivity contribution is 7.80. The highest BCUT2D eigenvalue weighted by atomic mass is 32.1. The van der Waals surface area contributed by atoms with Gasteiger partial charge in [0.25, 0.3) is 0 Å². The summed E-state index contributed by atoms with van der Waals surface area (Å²) < 4.78 is 41.1. The smallest absolute Gasteiger partial charge is 0.416 e. The molecule has 0 bridgehead atoms. The predicted molar refractivity (Wildman–Crippen MR) is 63.2 cm³/mol. The Morgan fingerprint density at radius 2 is 1.83 bits per heavy atom. The number of benzene rings is 1. The van der Waals surface area contributed by atoms with Crippen LogP contribution in [0.2, 0.25) is 0 Å². The Labute approximate surface area is 106 Å². The molecule has 0 heterocycles. The second kappa shape index (κ2) is 5.67. The summed E-state index contributed by atoms with van der Waals surface area (Å²) in [5.41, 5.74) is -0.440. The number of nitrogens with one attached hydrogen (secondary N) is 2. The highest BCUT2D eigenvalue weighted by Gasteiger charge is 2.29. The van der Waals surface area contributed by atoms with Crippen LogP contribution in [0.5, 0.6) is 0 Å². The van der Waals surface area contributed by atoms with E-state index in [4.69, 9.17) is 12.2 Å². The number of alkyl carbamates (subject to hydrolysis) is 1. The summed E-state index contributed by atoms with van der Waals surface area (Å²) in [5.74, 6) is 0. The van der Waals surface area contributed by atoms with E-state index in [0.29, 0.717) is 5.69 Å². The summed E-state index contributed by atoms with van der Waals surface area (Å²) in [6.07, 6.45) is -5.15. The molecule has 0 aliphatic carbocycles. The lowest BCUT2D eigenvalue weighted by atomic mass is 10.2. The molecular weight excluding hydrogens is 269 g/mol. The van der Waals surface area contributed by atoms with Gasteiger partial charge < -0.3 is 10.1 Å². The molecule has 0 aliphatic rings. The first-order valence-electron chi connectivity index (χ1n) is 4.66. The van der Waals surface area contributed by atoms with Crippen LogP contribution in [0.1, 0.15) is 5.56 Å². The molecular formula is C10H9F3N2O2S. The molecule has 2 N–H and O–H groups in total. The van der Waals surface area contributed by atoms with Crippen molar-refractivity contribution in [2.24, 2.45) is 0 Å². The predicted octanol–water partition coefficient (Wildman–Crippen LogP) is 2.76. The Morgan fingerprint density at radius 1 is 1.28 bits per heavy atom. The third kappa shape index (κ3) is 4.21. The Kier molecular flexibility index (Phi) is 4.49. The van der Waals surface area contributed by atoms with E-state index in [1.807, 2.05) is 0 Å². The molecule has 1 aromatic rings. The molecule has 0 fully saturated rings. The summed E-state index contributed by atoms with van der Waals surface area (Å²) >= 11 is 4.74. The van der Waals surface area contributed by atoms with Crippen molar-refractivity contribution in [2.45, 2.75) is 6.18 Å². The molecule has 0 saturated carbocycles. The minimum atomic E-state index is -4.39. The molecule has 0 aliphatic heterocycles. The fraction of sp³-hybridized carbons (Fsp3) is 0.200. The van der Waals surface area contributed by atoms with E-state index in [-0.39, 0.29) is 5.11 Å². The fourth-order valence-electron chi connectivity index (χ4n) is 1.05. The molecule has 1 aromatic carbocycles. The van der Waals surface area contributed by atoms with Crippen molar-refractivity contribution in [3.63, 3.8) is 0 Å². The maximum absolute atomic E-state index is 12.3. The van der Waals surface area contributed by atoms with Crippen molar-refractivity contribution in [1.29, 1.82) is 0 Å². The molecule has 8 heteroatoms. The second-order valence-corrected chi connectivity index (χ2v) is 3.55. The topological polar surface area (TPSA) is 50.4 Å². The van der Waals surface area contributed by atoms with E-state index in [2.05, 4.69) is 15.4 Å². The Balaban J connectivity index is 2.64. The third-order valence-corrected chi connectivity index (χ3v) is 2.08. The van der Waals surface area contributed by atoms with Crippen LogP contribution in [0.15, 0.2) is 24.3 Å². The molecule has 0 spiro atoms. The van der Waals surface area contributed by atoms with E-state index in [1.165, 1.54) is 12.1 Å². The first kappa shape index (κ1) is 14.2. The zero-order valence-corrected chi connectivity index (χ0v) is 9.98. The van der Waals surface area contributed by atoms with Crippen LogP contribution in [0, 0.1) is 0 Å². The van der Waals surface area contributed by atoms with Gasteiger partial charge in [0.15, 0.2) is 5.11 Å². The van der Waals surface area contributed by atoms with Crippen molar-refractivity contribution in [3.05, 3.63) is 29.8 Å². The van der Waals surface area contributed by atoms with Gasteiger partial charge in [-0.3, -0.25) is 5.32 Å². The fourth-order valence-corrected chi connectivity index (χ4v) is 1.25. The Morgan fingerprint density at radius 3 is 2.28 bits per heavy atom. The van der Waals surface area contributed by atoms with Gasteiger partial charge in [0, 0.05) is 5.69 Å². The zero-order valence-electron chi connectivity index (χ0n) is 9.17. The quantitative estimate of drug-likeness (QED) is 0.776. The molecule has 1 rings (SSSR count). The number of halogens is 3. The van der Waals surface area contributed by atoms with Gasteiger partial charge >= 0.3 is 12.3 Å². The minimum Gasteiger partial charge on any atom is -0.453 e. The van der Waals surface area contributed by atoms with Gasteiger partial charge in [0.05, 0.1) is 12.7 Å². The van der Waals surface area contributed by atoms with E-state index < -0.39 is 17.8 Å². The van der Waals surface area contributed by atoms with E-state index in [9.17, 15) is 18.0 Å². The average Bonchev–Trinajstić information content (AvgIpc) is 2.28. The lowest BCUT2D eigenvalue weighted by molar-refractivity contribution is -0.137. The number of carbonyl (C=O) groups excluding carboxylic acids is 1. The van der Waals surface area contributed by atoms with Crippen molar-refractivity contribution in [3.8, 4) is 0 Å². The summed E-state index contributed by atoms with van der Waals surface area (Å²) in [6, 6.07) is 4.22. The van der Waals surface area contributed by atoms with Gasteiger partial charge in [-0.25, -0.2) is 4.79 Å². The summed E-state index contributed by atoms with van der Waals surface area (Å²) in [7, 11) is 1.16. The maximum Gasteiger partial charge on any atom is 0.416 e. The third-order valence-electron chi connectivity index (χ3n) is 1.87. The van der Waals surface area contributed by atoms with Crippen molar-refractivity contribution < 1.29 is 22.7 Å². The van der Waals surface area contributed by atoms with Gasteiger partial charge in [-0.05, 0) is 36.5 Å². The van der Waals surface area contributed by atoms with Gasteiger partial charge in [0.1, 0.15) is 0 Å². The molecule has 0 atom stereocenters. The molecule has 0 aromatic heterocycles. The number of anilines is 1. The molecule has 0 radical (unpaired) electrons. The number of thiocarbonyl (C=S) groups is 1. The lowest BCUT2D eigenvalue weighted by Crippen LogP contribution is -2.33. The highest BCUT2D eigenvalue weighted by Crippen LogP contribution is 2.29. The van der Waals surface area contributed by atoms with Gasteiger partial charge in [-0.15, -0.1) is 0 Å². The zero-order chi connectivity index (χ0) is 13.8. The second-order valence-electron chi connectivity index (χ2n) is 3.15. The van der Waals surface area contributed by atoms with Crippen molar-refractivity contribution in [1.82, 2.24) is 5.32 Å². The van der Waals surface area contributed by atoms with Gasteiger partial charge in [0.2, 0.25) is 0 Å². The molecule has 98 valence electrons. The maximum atomic E-state index is 12.3. The number of hydrogen-bond donors (Lipinski definition) is 2. The average molecular weight is 278 g/mol. The molecule has 18 heavy (non-hydrogen) atoms. The number of carbonyl (C=O) groups is 1. The first-order valence-corrected chi connectivity index (χ1v) is 5.07. The van der Waals surface area contributed by atoms with Gasteiger partial charge in [-0.1, -0.05) is 0 Å². The SMILES string of the molecule is COC(=O)NC(=S)Nc1ccc(C(F)(F)F)cc1. The number of hydrogen-bond acceptors (Lipinski definition) is 3. The van der Waals surface area contributed by atoms with Crippen LogP contribution < -0.4 is 10.6 Å². The largest absolute Gasteiger partial charge is 0.453 e. The van der Waals surface area contributed by atoms with Gasteiger partial charge in [-0.2, -0.15) is 13.2 Å². The number of methoxy groups -OCH3 is 1. The van der Waals surface area contributed by atoms with Crippen molar-refractivity contribution in [2.75, 3.05) is 12.4 Å². The Hall–Kier alpha value is -1.83. The van der Waals surface area contributed by atoms with Crippen LogP contribution in [0.4, 0.5) is 23.7 Å². The normalized spacial score (nSPS) is 10.7.